The minimum atomic E-state index is 0. The van der Waals surface area contributed by atoms with Gasteiger partial charge in [-0.1, -0.05) is 0 Å². The first kappa shape index (κ1) is 10.5. The molecule has 1 aliphatic rings. The molecular weight excluding hydrogens is 173 g/mol. The van der Waals surface area contributed by atoms with Crippen molar-refractivity contribution in [3.05, 3.63) is 0 Å². The fraction of sp³-hybridized carbons (Fsp3) is 1.00. The summed E-state index contributed by atoms with van der Waals surface area (Å²) in [5.41, 5.74) is 0. The number of hydrogen-bond acceptors (Lipinski definition) is 2. The van der Waals surface area contributed by atoms with E-state index < -0.39 is 0 Å². The molecule has 0 aromatic rings. The van der Waals surface area contributed by atoms with Crippen LogP contribution < -0.4 is 12.4 Å². The molecule has 1 rings (SSSR count). The quantitative estimate of drug-likeness (QED) is 0.449. The topological polar surface area (TPSA) is 12.5 Å². The molecule has 0 aromatic heterocycles. The highest BCUT2D eigenvalue weighted by Crippen LogP contribution is 1.95. The summed E-state index contributed by atoms with van der Waals surface area (Å²) in [7, 11) is 0. The number of rotatable bonds is 2. The molecule has 0 aromatic carbocycles. The van der Waals surface area contributed by atoms with Gasteiger partial charge in [-0.15, -0.1) is 11.6 Å². The molecule has 62 valence electrons. The second-order valence-corrected chi connectivity index (χ2v) is 2.52. The van der Waals surface area contributed by atoms with E-state index in [2.05, 4.69) is 4.90 Å². The molecule has 1 saturated heterocycles. The van der Waals surface area contributed by atoms with Gasteiger partial charge in [0.1, 0.15) is 0 Å². The molecule has 0 N–H and O–H groups in total. The number of morpholine rings is 1. The first-order valence-electron chi connectivity index (χ1n) is 3.29. The molecule has 0 spiro atoms. The summed E-state index contributed by atoms with van der Waals surface area (Å²) in [5.74, 6) is 0.736. The number of nitrogens with zero attached hydrogens (tertiary/aromatic N) is 1. The Morgan fingerprint density at radius 1 is 1.40 bits per heavy atom. The van der Waals surface area contributed by atoms with Gasteiger partial charge in [0.15, 0.2) is 0 Å². The Labute approximate surface area is 74.4 Å². The van der Waals surface area contributed by atoms with Crippen LogP contribution in [0, 0.1) is 0 Å². The van der Waals surface area contributed by atoms with Crippen LogP contribution in [0.15, 0.2) is 0 Å². The number of halogens is 2. The van der Waals surface area contributed by atoms with Crippen LogP contribution in [0.2, 0.25) is 0 Å². The first-order valence-corrected chi connectivity index (χ1v) is 3.83. The lowest BCUT2D eigenvalue weighted by Crippen LogP contribution is -3.00. The summed E-state index contributed by atoms with van der Waals surface area (Å²) in [5, 5.41) is 0. The van der Waals surface area contributed by atoms with Crippen LogP contribution in [0.5, 0.6) is 0 Å². The van der Waals surface area contributed by atoms with E-state index in [1.54, 1.807) is 0 Å². The van der Waals surface area contributed by atoms with E-state index >= 15 is 0 Å². The van der Waals surface area contributed by atoms with Crippen LogP contribution in [-0.4, -0.2) is 43.6 Å². The molecule has 1 heterocycles. The van der Waals surface area contributed by atoms with Crippen molar-refractivity contribution in [2.75, 3.05) is 38.7 Å². The summed E-state index contributed by atoms with van der Waals surface area (Å²) in [4.78, 5) is 2.32. The Kier molecular flexibility index (Phi) is 6.54. The molecule has 0 amide bonds. The Morgan fingerprint density at radius 3 is 2.50 bits per heavy atom. The maximum Gasteiger partial charge on any atom is 1.00 e. The highest BCUT2D eigenvalue weighted by atomic mass is 35.5. The summed E-state index contributed by atoms with van der Waals surface area (Å²) in [6, 6.07) is 0. The van der Waals surface area contributed by atoms with Crippen LogP contribution in [0.3, 0.4) is 0 Å². The third kappa shape index (κ3) is 3.62. The predicted octanol–water partition coefficient (Wildman–Crippen LogP) is -2.33. The number of hydrogen-bond donors (Lipinski definition) is 0. The number of alkyl halides is 1. The monoisotopic (exact) mass is 185 g/mol. The van der Waals surface area contributed by atoms with Crippen molar-refractivity contribution in [2.24, 2.45) is 0 Å². The molecule has 2 nitrogen and oxygen atoms in total. The van der Waals surface area contributed by atoms with E-state index in [9.17, 15) is 0 Å². The molecule has 0 radical (unpaired) electrons. The lowest BCUT2D eigenvalue weighted by Gasteiger charge is -2.25. The normalized spacial score (nSPS) is 20.1. The standard InChI is InChI=1S/C6H12ClNO.ClH/c7-1-2-8-3-5-9-6-4-8;/h1-6H2;1H. The van der Waals surface area contributed by atoms with Gasteiger partial charge in [0.2, 0.25) is 0 Å². The molecule has 1 fully saturated rings. The van der Waals surface area contributed by atoms with Gasteiger partial charge in [0.25, 0.3) is 0 Å². The fourth-order valence-corrected chi connectivity index (χ4v) is 1.18. The van der Waals surface area contributed by atoms with Crippen molar-refractivity contribution in [1.82, 2.24) is 4.90 Å². The van der Waals surface area contributed by atoms with Crippen molar-refractivity contribution in [3.8, 4) is 0 Å². The average Bonchev–Trinajstić information content (AvgIpc) is 1.91. The van der Waals surface area contributed by atoms with Gasteiger partial charge in [0.05, 0.1) is 13.2 Å². The van der Waals surface area contributed by atoms with Gasteiger partial charge in [0, 0.05) is 25.5 Å². The zero-order chi connectivity index (χ0) is 6.53. The summed E-state index contributed by atoms with van der Waals surface area (Å²) < 4.78 is 5.16. The molecule has 1 aliphatic heterocycles. The van der Waals surface area contributed by atoms with Crippen LogP contribution in [0.4, 0.5) is 0 Å². The van der Waals surface area contributed by atoms with Gasteiger partial charge < -0.3 is 17.1 Å². The van der Waals surface area contributed by atoms with E-state index in [0.717, 1.165) is 38.7 Å². The zero-order valence-corrected chi connectivity index (χ0v) is 7.37. The van der Waals surface area contributed by atoms with E-state index in [0.29, 0.717) is 0 Å². The van der Waals surface area contributed by atoms with Gasteiger partial charge in [-0.25, -0.2) is 0 Å². The third-order valence-corrected chi connectivity index (χ3v) is 1.67. The van der Waals surface area contributed by atoms with E-state index in [-0.39, 0.29) is 13.8 Å². The molecule has 0 saturated carbocycles. The van der Waals surface area contributed by atoms with Crippen molar-refractivity contribution in [1.29, 1.82) is 0 Å². The minimum Gasteiger partial charge on any atom is -1.00 e. The van der Waals surface area contributed by atoms with Crippen molar-refractivity contribution in [2.45, 2.75) is 0 Å². The van der Waals surface area contributed by atoms with Crippen LogP contribution >= 0.6 is 11.6 Å². The second-order valence-electron chi connectivity index (χ2n) is 2.14. The molecule has 0 atom stereocenters. The molecule has 0 aliphatic carbocycles. The summed E-state index contributed by atoms with van der Waals surface area (Å²) in [6.45, 7) is 4.85. The molecule has 0 unspecified atom stereocenters. The molecule has 10 heavy (non-hydrogen) atoms. The van der Waals surface area contributed by atoms with Gasteiger partial charge in [-0.3, -0.25) is 4.90 Å². The largest absolute Gasteiger partial charge is 1.00 e. The Morgan fingerprint density at radius 2 is 2.00 bits per heavy atom. The van der Waals surface area contributed by atoms with Crippen LogP contribution in [0.1, 0.15) is 1.43 Å². The summed E-state index contributed by atoms with van der Waals surface area (Å²) >= 11 is 5.55. The van der Waals surface area contributed by atoms with Crippen LogP contribution in [-0.2, 0) is 4.74 Å². The van der Waals surface area contributed by atoms with Gasteiger partial charge in [-0.2, -0.15) is 0 Å². The lowest BCUT2D eigenvalue weighted by molar-refractivity contribution is -0.00000329. The Balaban J connectivity index is 0. The van der Waals surface area contributed by atoms with E-state index in [1.807, 2.05) is 0 Å². The van der Waals surface area contributed by atoms with E-state index in [1.165, 1.54) is 0 Å². The zero-order valence-electron chi connectivity index (χ0n) is 6.85. The maximum atomic E-state index is 5.55. The van der Waals surface area contributed by atoms with Crippen LogP contribution in [0.25, 0.3) is 0 Å². The Hall–Kier alpha value is 0.500. The molecular formula is C6H13Cl2NO. The predicted molar refractivity (Wildman–Crippen MR) is 39.1 cm³/mol. The SMILES string of the molecule is ClCCN1CCOCC1.[Cl-].[H+]. The fourth-order valence-electron chi connectivity index (χ4n) is 0.944. The first-order chi connectivity index (χ1) is 4.43. The molecule has 0 bridgehead atoms. The Bertz CT molecular complexity index is 78.2. The smallest absolute Gasteiger partial charge is 1.00 e. The van der Waals surface area contributed by atoms with Gasteiger partial charge >= 0.3 is 1.43 Å². The van der Waals surface area contributed by atoms with E-state index in [4.69, 9.17) is 16.3 Å². The minimum absolute atomic E-state index is 0. The van der Waals surface area contributed by atoms with Crippen molar-refractivity contribution >= 4 is 11.6 Å². The van der Waals surface area contributed by atoms with Crippen molar-refractivity contribution in [3.63, 3.8) is 0 Å². The highest BCUT2D eigenvalue weighted by Gasteiger charge is 2.07. The second kappa shape index (κ2) is 6.23. The van der Waals surface area contributed by atoms with Crippen molar-refractivity contribution < 1.29 is 18.6 Å². The average molecular weight is 186 g/mol. The lowest BCUT2D eigenvalue weighted by atomic mass is 10.4. The maximum absolute atomic E-state index is 5.55. The third-order valence-electron chi connectivity index (χ3n) is 1.50. The molecule has 4 heteroatoms. The number of ether oxygens (including phenoxy) is 1. The van der Waals surface area contributed by atoms with Gasteiger partial charge in [-0.05, 0) is 0 Å². The summed E-state index contributed by atoms with van der Waals surface area (Å²) in [6.07, 6.45) is 0. The highest BCUT2D eigenvalue weighted by molar-refractivity contribution is 6.18.